The van der Waals surface area contributed by atoms with Gasteiger partial charge in [0.1, 0.15) is 12.7 Å². The Morgan fingerprint density at radius 2 is 2.35 bits per heavy atom. The molecule has 1 unspecified atom stereocenters. The van der Waals surface area contributed by atoms with Crippen LogP contribution in [0.15, 0.2) is 30.9 Å². The zero-order chi connectivity index (χ0) is 12.3. The van der Waals surface area contributed by atoms with Crippen molar-refractivity contribution >= 4 is 11.6 Å². The molecule has 2 aromatic rings. The second-order valence-corrected chi connectivity index (χ2v) is 4.03. The third-order valence-corrected chi connectivity index (χ3v) is 2.72. The quantitative estimate of drug-likeness (QED) is 0.858. The maximum Gasteiger partial charge on any atom is 0.138 e. The smallest absolute Gasteiger partial charge is 0.138 e. The molecule has 1 aromatic carbocycles. The van der Waals surface area contributed by atoms with Gasteiger partial charge in [0.05, 0.1) is 16.8 Å². The molecule has 0 bridgehead atoms. The standard InChI is InChI=1S/C11H13ClN4O/c1-13-5-11(17)8-2-3-10(9(12)4-8)16-7-14-6-15-16/h2-4,6-7,11,13,17H,5H2,1H3. The molecule has 2 rings (SSSR count). The van der Waals surface area contributed by atoms with E-state index in [0.717, 1.165) is 11.3 Å². The number of nitrogens with zero attached hydrogens (tertiary/aromatic N) is 3. The van der Waals surface area contributed by atoms with Gasteiger partial charge in [0.25, 0.3) is 0 Å². The maximum absolute atomic E-state index is 9.81. The van der Waals surface area contributed by atoms with Crippen molar-refractivity contribution in [3.63, 3.8) is 0 Å². The van der Waals surface area contributed by atoms with Gasteiger partial charge in [0.2, 0.25) is 0 Å². The first-order valence-corrected chi connectivity index (χ1v) is 5.57. The maximum atomic E-state index is 9.81. The molecule has 1 heterocycles. The lowest BCUT2D eigenvalue weighted by molar-refractivity contribution is 0.178. The van der Waals surface area contributed by atoms with Crippen LogP contribution in [-0.2, 0) is 0 Å². The average molecular weight is 253 g/mol. The highest BCUT2D eigenvalue weighted by Crippen LogP contribution is 2.24. The van der Waals surface area contributed by atoms with E-state index in [9.17, 15) is 5.11 Å². The van der Waals surface area contributed by atoms with Crippen molar-refractivity contribution in [1.82, 2.24) is 20.1 Å². The molecular weight excluding hydrogens is 240 g/mol. The summed E-state index contributed by atoms with van der Waals surface area (Å²) >= 11 is 6.14. The van der Waals surface area contributed by atoms with E-state index in [1.54, 1.807) is 24.1 Å². The van der Waals surface area contributed by atoms with E-state index in [1.165, 1.54) is 6.33 Å². The van der Waals surface area contributed by atoms with E-state index in [4.69, 9.17) is 11.6 Å². The molecule has 6 heteroatoms. The summed E-state index contributed by atoms with van der Waals surface area (Å²) in [5, 5.41) is 17.3. The number of halogens is 1. The molecule has 0 amide bonds. The van der Waals surface area contributed by atoms with Crippen molar-refractivity contribution in [2.24, 2.45) is 0 Å². The van der Waals surface area contributed by atoms with E-state index in [-0.39, 0.29) is 0 Å². The number of benzene rings is 1. The summed E-state index contributed by atoms with van der Waals surface area (Å²) in [4.78, 5) is 3.86. The summed E-state index contributed by atoms with van der Waals surface area (Å²) in [6.07, 6.45) is 2.45. The lowest BCUT2D eigenvalue weighted by Gasteiger charge is -2.12. The third-order valence-electron chi connectivity index (χ3n) is 2.42. The van der Waals surface area contributed by atoms with Crippen LogP contribution in [0.4, 0.5) is 0 Å². The Balaban J connectivity index is 2.29. The lowest BCUT2D eigenvalue weighted by Crippen LogP contribution is -2.16. The van der Waals surface area contributed by atoms with E-state index >= 15 is 0 Å². The van der Waals surface area contributed by atoms with Crippen molar-refractivity contribution in [1.29, 1.82) is 0 Å². The van der Waals surface area contributed by atoms with Gasteiger partial charge in [-0.05, 0) is 24.7 Å². The summed E-state index contributed by atoms with van der Waals surface area (Å²) in [6.45, 7) is 0.485. The van der Waals surface area contributed by atoms with Gasteiger partial charge in [-0.2, -0.15) is 5.10 Å². The van der Waals surface area contributed by atoms with Gasteiger partial charge >= 0.3 is 0 Å². The van der Waals surface area contributed by atoms with E-state index < -0.39 is 6.10 Å². The molecule has 2 N–H and O–H groups in total. The van der Waals surface area contributed by atoms with Gasteiger partial charge in [-0.25, -0.2) is 9.67 Å². The van der Waals surface area contributed by atoms with Crippen LogP contribution in [0.5, 0.6) is 0 Å². The van der Waals surface area contributed by atoms with Gasteiger partial charge in [-0.15, -0.1) is 0 Å². The monoisotopic (exact) mass is 252 g/mol. The van der Waals surface area contributed by atoms with Gasteiger partial charge < -0.3 is 10.4 Å². The molecular formula is C11H13ClN4O. The first-order valence-electron chi connectivity index (χ1n) is 5.19. The Labute approximate surface area is 104 Å². The van der Waals surface area contributed by atoms with Crippen LogP contribution in [-0.4, -0.2) is 33.5 Å². The number of nitrogens with one attached hydrogen (secondary N) is 1. The predicted octanol–water partition coefficient (Wildman–Crippen LogP) is 1.17. The Hall–Kier alpha value is -1.43. The Kier molecular flexibility index (Phi) is 3.73. The largest absolute Gasteiger partial charge is 0.387 e. The lowest BCUT2D eigenvalue weighted by atomic mass is 10.1. The highest BCUT2D eigenvalue weighted by molar-refractivity contribution is 6.32. The molecule has 1 aromatic heterocycles. The highest BCUT2D eigenvalue weighted by atomic mass is 35.5. The fourth-order valence-electron chi connectivity index (χ4n) is 1.56. The first-order chi connectivity index (χ1) is 8.22. The molecule has 0 aliphatic heterocycles. The number of hydrogen-bond donors (Lipinski definition) is 2. The Morgan fingerprint density at radius 3 is 2.94 bits per heavy atom. The summed E-state index contributed by atoms with van der Waals surface area (Å²) < 4.78 is 1.58. The molecule has 5 nitrogen and oxygen atoms in total. The first kappa shape index (κ1) is 12.0. The zero-order valence-electron chi connectivity index (χ0n) is 9.34. The molecule has 0 aliphatic carbocycles. The summed E-state index contributed by atoms with van der Waals surface area (Å²) in [6, 6.07) is 5.37. The minimum atomic E-state index is -0.567. The van der Waals surface area contributed by atoms with Crippen LogP contribution in [0.2, 0.25) is 5.02 Å². The molecule has 0 spiro atoms. The summed E-state index contributed by atoms with van der Waals surface area (Å²) in [5.41, 5.74) is 1.51. The SMILES string of the molecule is CNCC(O)c1ccc(-n2cncn2)c(Cl)c1. The van der Waals surface area contributed by atoms with Crippen LogP contribution < -0.4 is 5.32 Å². The van der Waals surface area contributed by atoms with Crippen LogP contribution in [0, 0.1) is 0 Å². The van der Waals surface area contributed by atoms with Crippen LogP contribution in [0.25, 0.3) is 5.69 Å². The Bertz CT molecular complexity index is 486. The number of aliphatic hydroxyl groups is 1. The molecule has 0 aliphatic rings. The minimum absolute atomic E-state index is 0.485. The van der Waals surface area contributed by atoms with E-state index in [0.29, 0.717) is 11.6 Å². The van der Waals surface area contributed by atoms with Crippen LogP contribution >= 0.6 is 11.6 Å². The summed E-state index contributed by atoms with van der Waals surface area (Å²) in [7, 11) is 1.79. The Morgan fingerprint density at radius 1 is 1.53 bits per heavy atom. The molecule has 0 saturated carbocycles. The predicted molar refractivity (Wildman–Crippen MR) is 65.3 cm³/mol. The molecule has 0 radical (unpaired) electrons. The van der Waals surface area contributed by atoms with Crippen LogP contribution in [0.3, 0.4) is 0 Å². The normalized spacial score (nSPS) is 12.6. The highest BCUT2D eigenvalue weighted by Gasteiger charge is 2.10. The number of likely N-dealkylation sites (N-methyl/N-ethyl adjacent to an activating group) is 1. The third kappa shape index (κ3) is 2.63. The number of aromatic nitrogens is 3. The van der Waals surface area contributed by atoms with Gasteiger partial charge in [-0.3, -0.25) is 0 Å². The number of hydrogen-bond acceptors (Lipinski definition) is 4. The molecule has 17 heavy (non-hydrogen) atoms. The van der Waals surface area contributed by atoms with Crippen molar-refractivity contribution in [3.05, 3.63) is 41.4 Å². The van der Waals surface area contributed by atoms with Gasteiger partial charge in [-0.1, -0.05) is 17.7 Å². The van der Waals surface area contributed by atoms with Crippen molar-refractivity contribution in [2.45, 2.75) is 6.10 Å². The number of rotatable bonds is 4. The summed E-state index contributed by atoms with van der Waals surface area (Å²) in [5.74, 6) is 0. The molecule has 0 saturated heterocycles. The minimum Gasteiger partial charge on any atom is -0.387 e. The van der Waals surface area contributed by atoms with Crippen molar-refractivity contribution < 1.29 is 5.11 Å². The van der Waals surface area contributed by atoms with Gasteiger partial charge in [0, 0.05) is 6.54 Å². The van der Waals surface area contributed by atoms with Crippen molar-refractivity contribution in [2.75, 3.05) is 13.6 Å². The second-order valence-electron chi connectivity index (χ2n) is 3.62. The topological polar surface area (TPSA) is 63.0 Å². The van der Waals surface area contributed by atoms with Crippen molar-refractivity contribution in [3.8, 4) is 5.69 Å². The fraction of sp³-hybridized carbons (Fsp3) is 0.273. The molecule has 1 atom stereocenters. The number of aliphatic hydroxyl groups excluding tert-OH is 1. The van der Waals surface area contributed by atoms with Gasteiger partial charge in [0.15, 0.2) is 0 Å². The zero-order valence-corrected chi connectivity index (χ0v) is 10.1. The molecule has 90 valence electrons. The average Bonchev–Trinajstić information content (AvgIpc) is 2.82. The molecule has 0 fully saturated rings. The fourth-order valence-corrected chi connectivity index (χ4v) is 1.84. The van der Waals surface area contributed by atoms with E-state index in [1.807, 2.05) is 12.1 Å². The van der Waals surface area contributed by atoms with Crippen LogP contribution in [0.1, 0.15) is 11.7 Å². The second kappa shape index (κ2) is 5.27. The van der Waals surface area contributed by atoms with E-state index in [2.05, 4.69) is 15.4 Å².